The summed E-state index contributed by atoms with van der Waals surface area (Å²) in [5.41, 5.74) is 5.27. The normalized spacial score (nSPS) is 21.3. The molecule has 3 heterocycles. The lowest BCUT2D eigenvalue weighted by Gasteiger charge is -2.31. The van der Waals surface area contributed by atoms with Crippen molar-refractivity contribution in [3.63, 3.8) is 0 Å². The van der Waals surface area contributed by atoms with E-state index in [2.05, 4.69) is 20.2 Å². The van der Waals surface area contributed by atoms with Gasteiger partial charge in [0.2, 0.25) is 0 Å². The van der Waals surface area contributed by atoms with Gasteiger partial charge in [0.05, 0.1) is 11.4 Å². The van der Waals surface area contributed by atoms with Gasteiger partial charge in [-0.1, -0.05) is 0 Å². The van der Waals surface area contributed by atoms with Gasteiger partial charge in [-0.2, -0.15) is 10.2 Å². The molecular formula is C21H29N5O. The quantitative estimate of drug-likeness (QED) is 0.882. The largest absolute Gasteiger partial charge is 0.297 e. The fourth-order valence-corrected chi connectivity index (χ4v) is 4.66. The molecule has 6 nitrogen and oxygen atoms in total. The van der Waals surface area contributed by atoms with Crippen LogP contribution in [-0.4, -0.2) is 38.0 Å². The minimum Gasteiger partial charge on any atom is -0.297 e. The first-order valence-corrected chi connectivity index (χ1v) is 10.6. The minimum atomic E-state index is 0.0463. The van der Waals surface area contributed by atoms with E-state index in [4.69, 9.17) is 0 Å². The van der Waals surface area contributed by atoms with Gasteiger partial charge in [0.1, 0.15) is 0 Å². The van der Waals surface area contributed by atoms with Crippen LogP contribution in [0.5, 0.6) is 0 Å². The Balaban J connectivity index is 1.18. The highest BCUT2D eigenvalue weighted by molar-refractivity contribution is 5.27. The number of nitrogens with one attached hydrogen (secondary N) is 1. The summed E-state index contributed by atoms with van der Waals surface area (Å²) in [5.74, 6) is 1.15. The smallest absolute Gasteiger partial charge is 0.266 e. The first-order chi connectivity index (χ1) is 13.3. The van der Waals surface area contributed by atoms with Gasteiger partial charge in [0.15, 0.2) is 0 Å². The molecule has 2 aromatic heterocycles. The number of aromatic nitrogens is 4. The van der Waals surface area contributed by atoms with Crippen molar-refractivity contribution < 1.29 is 0 Å². The molecule has 1 aliphatic heterocycles. The fourth-order valence-electron chi connectivity index (χ4n) is 4.66. The molecule has 0 spiro atoms. The van der Waals surface area contributed by atoms with Crippen molar-refractivity contribution >= 4 is 0 Å². The van der Waals surface area contributed by atoms with Gasteiger partial charge in [0, 0.05) is 30.8 Å². The van der Waals surface area contributed by atoms with Gasteiger partial charge in [0.25, 0.3) is 5.56 Å². The van der Waals surface area contributed by atoms with Gasteiger partial charge in [-0.15, -0.1) is 0 Å². The molecule has 5 rings (SSSR count). The van der Waals surface area contributed by atoms with E-state index < -0.39 is 0 Å². The van der Waals surface area contributed by atoms with Gasteiger partial charge in [-0.05, 0) is 82.0 Å². The molecule has 0 amide bonds. The lowest BCUT2D eigenvalue weighted by Crippen LogP contribution is -2.36. The highest BCUT2D eigenvalue weighted by Crippen LogP contribution is 2.38. The maximum absolute atomic E-state index is 12.2. The minimum absolute atomic E-state index is 0.0463. The van der Waals surface area contributed by atoms with Crippen molar-refractivity contribution in [2.24, 2.45) is 5.92 Å². The van der Waals surface area contributed by atoms with Crippen molar-refractivity contribution in [3.8, 4) is 0 Å². The molecule has 27 heavy (non-hydrogen) atoms. The molecule has 1 N–H and O–H groups in total. The summed E-state index contributed by atoms with van der Waals surface area (Å²) in [6.45, 7) is 3.91. The Bertz CT molecular complexity index is 858. The maximum atomic E-state index is 12.2. The average molecular weight is 367 g/mol. The third-order valence-corrected chi connectivity index (χ3v) is 6.54. The van der Waals surface area contributed by atoms with E-state index in [1.54, 1.807) is 10.7 Å². The van der Waals surface area contributed by atoms with Gasteiger partial charge in [-0.3, -0.25) is 14.8 Å². The second-order valence-corrected chi connectivity index (χ2v) is 8.61. The highest BCUT2D eigenvalue weighted by atomic mass is 16.1. The lowest BCUT2D eigenvalue weighted by molar-refractivity contribution is 0.161. The van der Waals surface area contributed by atoms with Crippen LogP contribution in [-0.2, 0) is 25.9 Å². The monoisotopic (exact) mass is 367 g/mol. The first kappa shape index (κ1) is 17.2. The predicted molar refractivity (Wildman–Crippen MR) is 104 cm³/mol. The van der Waals surface area contributed by atoms with E-state index in [1.807, 2.05) is 6.07 Å². The van der Waals surface area contributed by atoms with Crippen LogP contribution < -0.4 is 5.56 Å². The lowest BCUT2D eigenvalue weighted by atomic mass is 9.94. The summed E-state index contributed by atoms with van der Waals surface area (Å²) in [4.78, 5) is 14.7. The second-order valence-electron chi connectivity index (χ2n) is 8.61. The number of H-pyrrole nitrogens is 1. The zero-order valence-electron chi connectivity index (χ0n) is 16.0. The summed E-state index contributed by atoms with van der Waals surface area (Å²) in [6.07, 6.45) is 9.64. The van der Waals surface area contributed by atoms with Crippen LogP contribution in [0.15, 0.2) is 16.9 Å². The number of hydrogen-bond donors (Lipinski definition) is 1. The standard InChI is InChI=1S/C21H29N5O/c27-21-8-7-18(16-5-6-16)24-26(21)13-15-9-11-25(12-10-15)14-20-17-3-1-2-4-19(17)22-23-20/h7-8,15-16H,1-6,9-14H2,(H,22,23). The highest BCUT2D eigenvalue weighted by Gasteiger charge is 2.27. The summed E-state index contributed by atoms with van der Waals surface area (Å²) in [6, 6.07) is 3.63. The third kappa shape index (κ3) is 3.72. The van der Waals surface area contributed by atoms with Gasteiger partial charge >= 0.3 is 0 Å². The Hall–Kier alpha value is -1.95. The number of piperidine rings is 1. The van der Waals surface area contributed by atoms with E-state index in [0.29, 0.717) is 11.8 Å². The Labute approximate surface area is 160 Å². The Morgan fingerprint density at radius 2 is 1.89 bits per heavy atom. The Morgan fingerprint density at radius 3 is 2.70 bits per heavy atom. The predicted octanol–water partition coefficient (Wildman–Crippen LogP) is 2.63. The van der Waals surface area contributed by atoms with Crippen LogP contribution in [0.25, 0.3) is 0 Å². The van der Waals surface area contributed by atoms with E-state index in [0.717, 1.165) is 51.1 Å². The van der Waals surface area contributed by atoms with Crippen LogP contribution in [0.2, 0.25) is 0 Å². The van der Waals surface area contributed by atoms with Gasteiger partial charge in [-0.25, -0.2) is 4.68 Å². The molecular weight excluding hydrogens is 338 g/mol. The third-order valence-electron chi connectivity index (χ3n) is 6.54. The fraction of sp³-hybridized carbons (Fsp3) is 0.667. The number of rotatable bonds is 5. The van der Waals surface area contributed by atoms with E-state index in [9.17, 15) is 4.79 Å². The topological polar surface area (TPSA) is 66.8 Å². The van der Waals surface area contributed by atoms with Crippen LogP contribution in [0.3, 0.4) is 0 Å². The molecule has 0 atom stereocenters. The van der Waals surface area contributed by atoms with Crippen molar-refractivity contribution in [1.29, 1.82) is 0 Å². The molecule has 3 aliphatic rings. The van der Waals surface area contributed by atoms with E-state index >= 15 is 0 Å². The van der Waals surface area contributed by atoms with Crippen molar-refractivity contribution in [2.75, 3.05) is 13.1 Å². The molecule has 144 valence electrons. The van der Waals surface area contributed by atoms with Crippen LogP contribution in [0, 0.1) is 5.92 Å². The van der Waals surface area contributed by atoms with E-state index in [-0.39, 0.29) is 5.56 Å². The van der Waals surface area contributed by atoms with E-state index in [1.165, 1.54) is 49.1 Å². The van der Waals surface area contributed by atoms with Crippen molar-refractivity contribution in [1.82, 2.24) is 24.9 Å². The molecule has 0 unspecified atom stereocenters. The molecule has 2 aromatic rings. The zero-order valence-corrected chi connectivity index (χ0v) is 16.0. The number of fused-ring (bicyclic) bond motifs is 1. The summed E-state index contributed by atoms with van der Waals surface area (Å²) >= 11 is 0. The molecule has 2 aliphatic carbocycles. The van der Waals surface area contributed by atoms with Crippen molar-refractivity contribution in [2.45, 2.75) is 70.4 Å². The molecule has 0 radical (unpaired) electrons. The Kier molecular flexibility index (Phi) is 4.60. The molecule has 6 heteroatoms. The summed E-state index contributed by atoms with van der Waals surface area (Å²) in [7, 11) is 0. The van der Waals surface area contributed by atoms with Crippen LogP contribution >= 0.6 is 0 Å². The number of aryl methyl sites for hydroxylation is 1. The second kappa shape index (κ2) is 7.23. The molecule has 0 aromatic carbocycles. The van der Waals surface area contributed by atoms with Gasteiger partial charge < -0.3 is 0 Å². The number of hydrogen-bond acceptors (Lipinski definition) is 4. The molecule has 1 saturated heterocycles. The Morgan fingerprint density at radius 1 is 1.07 bits per heavy atom. The molecule has 2 fully saturated rings. The number of aromatic amines is 1. The SMILES string of the molecule is O=c1ccc(C2CC2)nn1CC1CCN(Cc2n[nH]c3c2CCCC3)CC1. The first-order valence-electron chi connectivity index (χ1n) is 10.6. The van der Waals surface area contributed by atoms with Crippen molar-refractivity contribution in [3.05, 3.63) is 45.1 Å². The zero-order chi connectivity index (χ0) is 18.2. The number of likely N-dealkylation sites (tertiary alicyclic amines) is 1. The summed E-state index contributed by atoms with van der Waals surface area (Å²) in [5, 5.41) is 12.5. The average Bonchev–Trinajstić information content (AvgIpc) is 3.47. The molecule has 1 saturated carbocycles. The maximum Gasteiger partial charge on any atom is 0.266 e. The number of nitrogens with zero attached hydrogens (tertiary/aromatic N) is 4. The van der Waals surface area contributed by atoms with Crippen LogP contribution in [0.4, 0.5) is 0 Å². The molecule has 0 bridgehead atoms. The summed E-state index contributed by atoms with van der Waals surface area (Å²) < 4.78 is 1.72. The van der Waals surface area contributed by atoms with Crippen LogP contribution in [0.1, 0.15) is 67.1 Å².